The number of aromatic nitrogens is 1. The van der Waals surface area contributed by atoms with Crippen molar-refractivity contribution in [3.05, 3.63) is 36.2 Å². The van der Waals surface area contributed by atoms with E-state index in [2.05, 4.69) is 4.98 Å². The van der Waals surface area contributed by atoms with Crippen molar-refractivity contribution in [3.63, 3.8) is 0 Å². The third kappa shape index (κ3) is 2.42. The van der Waals surface area contributed by atoms with Gasteiger partial charge in [0, 0.05) is 29.1 Å². The lowest BCUT2D eigenvalue weighted by atomic mass is 10.0. The van der Waals surface area contributed by atoms with Crippen molar-refractivity contribution >= 4 is 6.29 Å². The van der Waals surface area contributed by atoms with Crippen molar-refractivity contribution < 1.29 is 19.0 Å². The zero-order valence-corrected chi connectivity index (χ0v) is 11.5. The SMILES string of the molecule is COc1ccc(-c2cncc(C=O)c2)c(OC)c1OC. The number of pyridine rings is 1. The van der Waals surface area contributed by atoms with Crippen LogP contribution in [0.1, 0.15) is 10.4 Å². The number of benzene rings is 1. The summed E-state index contributed by atoms with van der Waals surface area (Å²) in [5.74, 6) is 1.62. The molecule has 0 fully saturated rings. The molecule has 5 heteroatoms. The van der Waals surface area contributed by atoms with E-state index in [0.717, 1.165) is 17.4 Å². The second-order valence-electron chi connectivity index (χ2n) is 4.01. The Morgan fingerprint density at radius 1 is 1.00 bits per heavy atom. The summed E-state index contributed by atoms with van der Waals surface area (Å²) in [5.41, 5.74) is 2.05. The van der Waals surface area contributed by atoms with E-state index in [1.807, 2.05) is 6.07 Å². The number of ether oxygens (including phenoxy) is 3. The van der Waals surface area contributed by atoms with Crippen LogP contribution in [0.4, 0.5) is 0 Å². The minimum Gasteiger partial charge on any atom is -0.493 e. The monoisotopic (exact) mass is 273 g/mol. The Balaban J connectivity index is 2.64. The van der Waals surface area contributed by atoms with E-state index in [-0.39, 0.29) is 0 Å². The molecule has 1 aromatic carbocycles. The summed E-state index contributed by atoms with van der Waals surface area (Å²) in [4.78, 5) is 14.9. The zero-order chi connectivity index (χ0) is 14.5. The molecular formula is C15H15NO4. The highest BCUT2D eigenvalue weighted by Gasteiger charge is 2.17. The Bertz CT molecular complexity index is 625. The smallest absolute Gasteiger partial charge is 0.203 e. The molecule has 0 unspecified atom stereocenters. The molecule has 0 atom stereocenters. The van der Waals surface area contributed by atoms with Gasteiger partial charge in [0.2, 0.25) is 5.75 Å². The first-order chi connectivity index (χ1) is 9.74. The number of rotatable bonds is 5. The first-order valence-corrected chi connectivity index (χ1v) is 5.94. The van der Waals surface area contributed by atoms with Crippen molar-refractivity contribution in [2.24, 2.45) is 0 Å². The Morgan fingerprint density at radius 3 is 2.35 bits per heavy atom. The summed E-state index contributed by atoms with van der Waals surface area (Å²) in [6, 6.07) is 5.36. The van der Waals surface area contributed by atoms with E-state index >= 15 is 0 Å². The van der Waals surface area contributed by atoms with Crippen LogP contribution >= 0.6 is 0 Å². The summed E-state index contributed by atoms with van der Waals surface area (Å²) >= 11 is 0. The van der Waals surface area contributed by atoms with Gasteiger partial charge in [0.1, 0.15) is 0 Å². The third-order valence-electron chi connectivity index (χ3n) is 2.91. The van der Waals surface area contributed by atoms with Gasteiger partial charge in [0.05, 0.1) is 21.3 Å². The number of carbonyl (C=O) groups excluding carboxylic acids is 1. The number of hydrogen-bond donors (Lipinski definition) is 0. The molecule has 0 saturated heterocycles. The standard InChI is InChI=1S/C15H15NO4/c1-18-13-5-4-12(14(19-2)15(13)20-3)11-6-10(9-17)7-16-8-11/h4-9H,1-3H3. The van der Waals surface area contributed by atoms with Crippen LogP contribution in [0.15, 0.2) is 30.6 Å². The molecule has 2 aromatic rings. The summed E-state index contributed by atoms with van der Waals surface area (Å²) in [5, 5.41) is 0. The van der Waals surface area contributed by atoms with Crippen LogP contribution in [0, 0.1) is 0 Å². The van der Waals surface area contributed by atoms with Crippen LogP contribution in [-0.4, -0.2) is 32.6 Å². The van der Waals surface area contributed by atoms with E-state index in [0.29, 0.717) is 22.8 Å². The molecule has 1 aromatic heterocycles. The molecule has 0 saturated carbocycles. The second kappa shape index (κ2) is 6.06. The van der Waals surface area contributed by atoms with Gasteiger partial charge in [0.15, 0.2) is 17.8 Å². The number of hydrogen-bond acceptors (Lipinski definition) is 5. The largest absolute Gasteiger partial charge is 0.493 e. The second-order valence-corrected chi connectivity index (χ2v) is 4.01. The maximum Gasteiger partial charge on any atom is 0.203 e. The average Bonchev–Trinajstić information content (AvgIpc) is 2.53. The Labute approximate surface area is 117 Å². The Hall–Kier alpha value is -2.56. The van der Waals surface area contributed by atoms with Gasteiger partial charge < -0.3 is 14.2 Å². The molecule has 2 rings (SSSR count). The van der Waals surface area contributed by atoms with E-state index in [9.17, 15) is 4.79 Å². The lowest BCUT2D eigenvalue weighted by Crippen LogP contribution is -1.97. The van der Waals surface area contributed by atoms with Crippen molar-refractivity contribution in [1.82, 2.24) is 4.98 Å². The highest BCUT2D eigenvalue weighted by molar-refractivity contribution is 5.81. The van der Waals surface area contributed by atoms with E-state index in [1.54, 1.807) is 39.7 Å². The molecule has 1 heterocycles. The van der Waals surface area contributed by atoms with Crippen LogP contribution in [0.25, 0.3) is 11.1 Å². The van der Waals surface area contributed by atoms with Gasteiger partial charge >= 0.3 is 0 Å². The molecule has 0 spiro atoms. The maximum atomic E-state index is 10.9. The van der Waals surface area contributed by atoms with Gasteiger partial charge in [-0.25, -0.2) is 0 Å². The predicted molar refractivity (Wildman–Crippen MR) is 74.7 cm³/mol. The van der Waals surface area contributed by atoms with Crippen LogP contribution in [-0.2, 0) is 0 Å². The molecule has 0 radical (unpaired) electrons. The van der Waals surface area contributed by atoms with Gasteiger partial charge in [0.25, 0.3) is 0 Å². The van der Waals surface area contributed by atoms with Crippen LogP contribution in [0.2, 0.25) is 0 Å². The number of nitrogens with zero attached hydrogens (tertiary/aromatic N) is 1. The maximum absolute atomic E-state index is 10.9. The molecule has 0 aliphatic carbocycles. The lowest BCUT2D eigenvalue weighted by molar-refractivity contribution is 0.112. The van der Waals surface area contributed by atoms with Gasteiger partial charge in [-0.2, -0.15) is 0 Å². The molecule has 0 aliphatic rings. The number of methoxy groups -OCH3 is 3. The fraction of sp³-hybridized carbons (Fsp3) is 0.200. The summed E-state index contributed by atoms with van der Waals surface area (Å²) < 4.78 is 16.0. The minimum absolute atomic E-state index is 0.499. The minimum atomic E-state index is 0.499. The fourth-order valence-electron chi connectivity index (χ4n) is 2.00. The van der Waals surface area contributed by atoms with E-state index in [1.165, 1.54) is 6.20 Å². The average molecular weight is 273 g/mol. The summed E-state index contributed by atoms with van der Waals surface area (Å²) in [7, 11) is 4.66. The van der Waals surface area contributed by atoms with Crippen molar-refractivity contribution in [2.45, 2.75) is 0 Å². The summed E-state index contributed by atoms with van der Waals surface area (Å²) in [6.07, 6.45) is 3.92. The third-order valence-corrected chi connectivity index (χ3v) is 2.91. The fourth-order valence-corrected chi connectivity index (χ4v) is 2.00. The van der Waals surface area contributed by atoms with Gasteiger partial charge in [-0.1, -0.05) is 0 Å². The number of carbonyl (C=O) groups is 1. The predicted octanol–water partition coefficient (Wildman–Crippen LogP) is 2.59. The molecule has 5 nitrogen and oxygen atoms in total. The lowest BCUT2D eigenvalue weighted by Gasteiger charge is -2.15. The van der Waals surface area contributed by atoms with Crippen molar-refractivity contribution in [1.29, 1.82) is 0 Å². The quantitative estimate of drug-likeness (QED) is 0.784. The van der Waals surface area contributed by atoms with Crippen LogP contribution in [0.3, 0.4) is 0 Å². The normalized spacial score (nSPS) is 9.95. The van der Waals surface area contributed by atoms with E-state index in [4.69, 9.17) is 14.2 Å². The zero-order valence-electron chi connectivity index (χ0n) is 11.5. The Kier molecular flexibility index (Phi) is 4.20. The van der Waals surface area contributed by atoms with Gasteiger partial charge in [-0.15, -0.1) is 0 Å². The molecule has 0 bridgehead atoms. The highest BCUT2D eigenvalue weighted by atomic mass is 16.5. The molecule has 0 amide bonds. The molecule has 104 valence electrons. The van der Waals surface area contributed by atoms with Gasteiger partial charge in [-0.05, 0) is 18.2 Å². The number of aldehydes is 1. The molecule has 20 heavy (non-hydrogen) atoms. The van der Waals surface area contributed by atoms with Crippen molar-refractivity contribution in [3.8, 4) is 28.4 Å². The van der Waals surface area contributed by atoms with Crippen LogP contribution < -0.4 is 14.2 Å². The molecular weight excluding hydrogens is 258 g/mol. The summed E-state index contributed by atoms with van der Waals surface area (Å²) in [6.45, 7) is 0. The first-order valence-electron chi connectivity index (χ1n) is 5.94. The topological polar surface area (TPSA) is 57.7 Å². The Morgan fingerprint density at radius 2 is 1.75 bits per heavy atom. The first kappa shape index (κ1) is 13.9. The van der Waals surface area contributed by atoms with Crippen molar-refractivity contribution in [2.75, 3.05) is 21.3 Å². The highest BCUT2D eigenvalue weighted by Crippen LogP contribution is 2.44. The molecule has 0 N–H and O–H groups in total. The molecule has 0 aliphatic heterocycles. The van der Waals surface area contributed by atoms with E-state index < -0.39 is 0 Å². The van der Waals surface area contributed by atoms with Crippen LogP contribution in [0.5, 0.6) is 17.2 Å². The van der Waals surface area contributed by atoms with Gasteiger partial charge in [-0.3, -0.25) is 9.78 Å².